The van der Waals surface area contributed by atoms with Gasteiger partial charge in [-0.1, -0.05) is 12.1 Å². The lowest BCUT2D eigenvalue weighted by Gasteiger charge is -2.09. The van der Waals surface area contributed by atoms with Gasteiger partial charge in [-0.2, -0.15) is 0 Å². The molecule has 0 aliphatic heterocycles. The number of aryl methyl sites for hydroxylation is 1. The van der Waals surface area contributed by atoms with Crippen LogP contribution < -0.4 is 9.47 Å². The summed E-state index contributed by atoms with van der Waals surface area (Å²) in [5.41, 5.74) is 2.30. The van der Waals surface area contributed by atoms with Gasteiger partial charge < -0.3 is 14.0 Å². The van der Waals surface area contributed by atoms with E-state index in [4.69, 9.17) is 9.47 Å². The van der Waals surface area contributed by atoms with Gasteiger partial charge in [-0.3, -0.25) is 4.79 Å². The summed E-state index contributed by atoms with van der Waals surface area (Å²) in [6.07, 6.45) is 0. The Morgan fingerprint density at radius 3 is 2.52 bits per heavy atom. The van der Waals surface area contributed by atoms with Crippen molar-refractivity contribution in [2.75, 3.05) is 14.2 Å². The average Bonchev–Trinajstić information content (AvgIpc) is 2.98. The summed E-state index contributed by atoms with van der Waals surface area (Å²) in [7, 11) is 3.11. The van der Waals surface area contributed by atoms with Gasteiger partial charge in [0.2, 0.25) is 5.78 Å². The molecular formula is C18H18N2O3. The zero-order chi connectivity index (χ0) is 16.4. The van der Waals surface area contributed by atoms with Crippen LogP contribution in [0.3, 0.4) is 0 Å². The number of nitrogens with zero attached hydrogens (tertiary/aromatic N) is 2. The predicted molar refractivity (Wildman–Crippen MR) is 88.4 cm³/mol. The second kappa shape index (κ2) is 6.12. The summed E-state index contributed by atoms with van der Waals surface area (Å²) >= 11 is 0. The molecule has 3 rings (SSSR count). The smallest absolute Gasteiger partial charge is 0.228 e. The van der Waals surface area contributed by atoms with Gasteiger partial charge in [0.25, 0.3) is 0 Å². The van der Waals surface area contributed by atoms with Gasteiger partial charge in [0.1, 0.15) is 0 Å². The first-order valence-corrected chi connectivity index (χ1v) is 7.41. The molecule has 1 aromatic heterocycles. The van der Waals surface area contributed by atoms with Gasteiger partial charge in [0, 0.05) is 12.1 Å². The number of ketones is 1. The van der Waals surface area contributed by atoms with Crippen LogP contribution in [0.5, 0.6) is 11.5 Å². The van der Waals surface area contributed by atoms with Crippen molar-refractivity contribution in [2.24, 2.45) is 0 Å². The molecule has 0 unspecified atom stereocenters. The molecule has 0 spiro atoms. The van der Waals surface area contributed by atoms with Gasteiger partial charge in [-0.15, -0.1) is 0 Å². The fourth-order valence-corrected chi connectivity index (χ4v) is 2.68. The zero-order valence-corrected chi connectivity index (χ0v) is 13.4. The number of methoxy groups -OCH3 is 2. The van der Waals surface area contributed by atoms with Crippen molar-refractivity contribution in [1.29, 1.82) is 0 Å². The summed E-state index contributed by atoms with van der Waals surface area (Å²) < 4.78 is 12.4. The van der Waals surface area contributed by atoms with Crippen LogP contribution >= 0.6 is 0 Å². The van der Waals surface area contributed by atoms with Crippen molar-refractivity contribution < 1.29 is 14.3 Å². The Morgan fingerprint density at radius 2 is 1.83 bits per heavy atom. The van der Waals surface area contributed by atoms with E-state index in [1.165, 1.54) is 0 Å². The highest BCUT2D eigenvalue weighted by atomic mass is 16.5. The van der Waals surface area contributed by atoms with Crippen molar-refractivity contribution in [3.05, 3.63) is 53.9 Å². The van der Waals surface area contributed by atoms with Crippen LogP contribution in [0.1, 0.15) is 23.1 Å². The van der Waals surface area contributed by atoms with Crippen molar-refractivity contribution in [1.82, 2.24) is 9.55 Å². The van der Waals surface area contributed by atoms with E-state index in [1.54, 1.807) is 32.4 Å². The maximum absolute atomic E-state index is 12.9. The normalized spacial score (nSPS) is 10.7. The third kappa shape index (κ3) is 2.54. The second-order valence-electron chi connectivity index (χ2n) is 5.07. The molecule has 0 atom stereocenters. The fraction of sp³-hybridized carbons (Fsp3) is 0.222. The molecule has 3 aromatic rings. The minimum absolute atomic E-state index is 0.135. The number of aromatic nitrogens is 2. The van der Waals surface area contributed by atoms with E-state index >= 15 is 0 Å². The Balaban J connectivity index is 2.10. The molecule has 118 valence electrons. The van der Waals surface area contributed by atoms with Crippen LogP contribution in [0, 0.1) is 0 Å². The van der Waals surface area contributed by atoms with E-state index in [1.807, 2.05) is 35.8 Å². The minimum Gasteiger partial charge on any atom is -0.493 e. The number of ether oxygens (including phenoxy) is 2. The van der Waals surface area contributed by atoms with Crippen LogP contribution in [0.25, 0.3) is 11.0 Å². The van der Waals surface area contributed by atoms with Gasteiger partial charge in [-0.05, 0) is 37.3 Å². The number of carbonyl (C=O) groups is 1. The highest BCUT2D eigenvalue weighted by Gasteiger charge is 2.19. The summed E-state index contributed by atoms with van der Waals surface area (Å²) in [4.78, 5) is 17.4. The lowest BCUT2D eigenvalue weighted by molar-refractivity contribution is 0.102. The number of hydrogen-bond donors (Lipinski definition) is 0. The maximum atomic E-state index is 12.9. The van der Waals surface area contributed by atoms with E-state index in [0.29, 0.717) is 29.4 Å². The lowest BCUT2D eigenvalue weighted by Crippen LogP contribution is -2.11. The van der Waals surface area contributed by atoms with E-state index in [-0.39, 0.29) is 5.78 Å². The van der Waals surface area contributed by atoms with Crippen molar-refractivity contribution in [2.45, 2.75) is 13.5 Å². The molecule has 0 saturated heterocycles. The molecule has 23 heavy (non-hydrogen) atoms. The first-order chi connectivity index (χ1) is 11.2. The Bertz CT molecular complexity index is 868. The molecule has 5 nitrogen and oxygen atoms in total. The first kappa shape index (κ1) is 15.1. The highest BCUT2D eigenvalue weighted by molar-refractivity contribution is 6.08. The standard InChI is InChI=1S/C18H18N2O3/c1-4-20-14-8-6-5-7-13(14)19-18(20)17(21)12-9-10-15(22-2)16(11-12)23-3/h5-11H,4H2,1-3H3. The molecule has 0 aliphatic rings. The number of benzene rings is 2. The topological polar surface area (TPSA) is 53.4 Å². The molecule has 0 fully saturated rings. The van der Waals surface area contributed by atoms with E-state index < -0.39 is 0 Å². The van der Waals surface area contributed by atoms with Crippen LogP contribution in [0.4, 0.5) is 0 Å². The number of fused-ring (bicyclic) bond motifs is 1. The molecule has 0 saturated carbocycles. The summed E-state index contributed by atoms with van der Waals surface area (Å²) in [5.74, 6) is 1.41. The molecule has 0 bridgehead atoms. The van der Waals surface area contributed by atoms with Crippen molar-refractivity contribution in [3.8, 4) is 11.5 Å². The number of rotatable bonds is 5. The van der Waals surface area contributed by atoms with Crippen LogP contribution in [-0.4, -0.2) is 29.6 Å². The Morgan fingerprint density at radius 1 is 1.09 bits per heavy atom. The number of para-hydroxylation sites is 2. The number of hydrogen-bond acceptors (Lipinski definition) is 4. The summed E-state index contributed by atoms with van der Waals surface area (Å²) in [6, 6.07) is 12.9. The Kier molecular flexibility index (Phi) is 4.02. The molecule has 0 N–H and O–H groups in total. The molecule has 0 aliphatic carbocycles. The molecule has 1 heterocycles. The Labute approximate surface area is 134 Å². The number of carbonyl (C=O) groups excluding carboxylic acids is 1. The lowest BCUT2D eigenvalue weighted by atomic mass is 10.1. The third-order valence-electron chi connectivity index (χ3n) is 3.82. The second-order valence-corrected chi connectivity index (χ2v) is 5.07. The quantitative estimate of drug-likeness (QED) is 0.679. The fourth-order valence-electron chi connectivity index (χ4n) is 2.68. The van der Waals surface area contributed by atoms with E-state index in [9.17, 15) is 4.79 Å². The van der Waals surface area contributed by atoms with Crippen LogP contribution in [0.15, 0.2) is 42.5 Å². The van der Waals surface area contributed by atoms with Gasteiger partial charge >= 0.3 is 0 Å². The molecule has 2 aromatic carbocycles. The number of imidazole rings is 1. The zero-order valence-electron chi connectivity index (χ0n) is 13.4. The molecule has 0 amide bonds. The largest absolute Gasteiger partial charge is 0.493 e. The third-order valence-corrected chi connectivity index (χ3v) is 3.82. The average molecular weight is 310 g/mol. The van der Waals surface area contributed by atoms with E-state index in [2.05, 4.69) is 4.98 Å². The summed E-state index contributed by atoms with van der Waals surface area (Å²) in [6.45, 7) is 2.67. The molecule has 0 radical (unpaired) electrons. The van der Waals surface area contributed by atoms with Gasteiger partial charge in [-0.25, -0.2) is 4.98 Å². The maximum Gasteiger partial charge on any atom is 0.228 e. The van der Waals surface area contributed by atoms with Crippen LogP contribution in [-0.2, 0) is 6.54 Å². The van der Waals surface area contributed by atoms with Crippen molar-refractivity contribution in [3.63, 3.8) is 0 Å². The monoisotopic (exact) mass is 310 g/mol. The van der Waals surface area contributed by atoms with Crippen LogP contribution in [0.2, 0.25) is 0 Å². The van der Waals surface area contributed by atoms with Gasteiger partial charge in [0.15, 0.2) is 17.3 Å². The Hall–Kier alpha value is -2.82. The van der Waals surface area contributed by atoms with Crippen molar-refractivity contribution >= 4 is 16.8 Å². The van der Waals surface area contributed by atoms with E-state index in [0.717, 1.165) is 11.0 Å². The highest BCUT2D eigenvalue weighted by Crippen LogP contribution is 2.29. The minimum atomic E-state index is -0.135. The van der Waals surface area contributed by atoms with Gasteiger partial charge in [0.05, 0.1) is 25.3 Å². The SMILES string of the molecule is CCn1c(C(=O)c2ccc(OC)c(OC)c2)nc2ccccc21. The molecular weight excluding hydrogens is 292 g/mol. The molecule has 5 heteroatoms. The first-order valence-electron chi connectivity index (χ1n) is 7.41. The summed E-state index contributed by atoms with van der Waals surface area (Å²) in [5, 5.41) is 0. The predicted octanol–water partition coefficient (Wildman–Crippen LogP) is 3.30.